The van der Waals surface area contributed by atoms with E-state index >= 15 is 0 Å². The number of esters is 3. The Morgan fingerprint density at radius 1 is 0.361 bits per heavy atom. The Bertz CT molecular complexity index is 2020. The second-order valence-corrected chi connectivity index (χ2v) is 26.7. The van der Waals surface area contributed by atoms with Crippen LogP contribution in [0.25, 0.3) is 0 Å². The number of amides is 6. The Balaban J connectivity index is 2.07. The van der Waals surface area contributed by atoms with Crippen LogP contribution in [0.15, 0.2) is 0 Å². The average molecular weight is 1240 g/mol. The lowest BCUT2D eigenvalue weighted by Crippen LogP contribution is -2.59. The van der Waals surface area contributed by atoms with E-state index in [0.29, 0.717) is 107 Å². The highest BCUT2D eigenvalue weighted by Crippen LogP contribution is 2.17. The molecular formula is C54H94N10O16S3. The number of ether oxygens (including phenoxy) is 3. The molecule has 29 heteroatoms. The van der Waals surface area contributed by atoms with Crippen LogP contribution in [-0.2, 0) is 67.0 Å². The number of nitrogens with one attached hydrogen (secondary N) is 3. The second-order valence-electron chi connectivity index (χ2n) is 23.0. The number of aliphatic carboxylic acids is 2. The zero-order valence-electron chi connectivity index (χ0n) is 50.4. The molecule has 6 amide bonds. The van der Waals surface area contributed by atoms with E-state index < -0.39 is 46.6 Å². The minimum absolute atomic E-state index is 0.00336. The van der Waals surface area contributed by atoms with Crippen molar-refractivity contribution in [1.29, 1.82) is 0 Å². The van der Waals surface area contributed by atoms with Gasteiger partial charge in [-0.3, -0.25) is 72.3 Å². The van der Waals surface area contributed by atoms with Gasteiger partial charge in [0.15, 0.2) is 0 Å². The summed E-state index contributed by atoms with van der Waals surface area (Å²) in [6.45, 7) is 20.2. The first-order chi connectivity index (χ1) is 38.9. The number of carboxylic acid groups (broad SMARTS) is 2. The third kappa shape index (κ3) is 37.9. The maximum absolute atomic E-state index is 13.7. The van der Waals surface area contributed by atoms with Gasteiger partial charge in [0, 0.05) is 139 Å². The molecule has 0 aromatic carbocycles. The summed E-state index contributed by atoms with van der Waals surface area (Å²) in [5.74, 6) is -2.51. The molecular weight excluding hydrogens is 1140 g/mol. The molecule has 0 atom stereocenters. The first kappa shape index (κ1) is 74.2. The molecule has 2 rings (SSSR count). The summed E-state index contributed by atoms with van der Waals surface area (Å²) in [7, 11) is 0. The molecule has 26 nitrogen and oxygen atoms in total. The molecule has 2 saturated heterocycles. The topological polar surface area (TPSA) is 315 Å². The zero-order valence-corrected chi connectivity index (χ0v) is 52.8. The number of nitrogens with zero attached hydrogens (tertiary/aromatic N) is 7. The molecule has 0 aromatic rings. The van der Waals surface area contributed by atoms with Crippen molar-refractivity contribution in [2.75, 3.05) is 153 Å². The van der Waals surface area contributed by atoms with Crippen LogP contribution in [0.4, 0.5) is 0 Å². The standard InChI is InChI=1S/C54H94N10O16S3/c1-52(2,3)78-49(75)35-59-22-20-58(21-23-60(36-50(76)79-53(4,5)6)25-27-61(26-24-59)37-51(77)80-54(7,8)9)34-43(67)57-19-33-83-30-16-46(70)64-39-62(44(68)14-28-81-31-17-55-41(65)10-12-47(71)72)38-63(40-64)45(69)15-29-82-32-18-56-42(66)11-13-48(73)74/h10-40H2,1-9H3,(H,55,65)(H,56,66)(H,57,67)(H,71,72)(H,73,74). The van der Waals surface area contributed by atoms with E-state index in [9.17, 15) is 52.7 Å². The number of hydrogen-bond donors (Lipinski definition) is 5. The fraction of sp³-hybridized carbons (Fsp3) is 0.796. The van der Waals surface area contributed by atoms with Gasteiger partial charge in [0.1, 0.15) is 16.8 Å². The van der Waals surface area contributed by atoms with Crippen LogP contribution in [0.2, 0.25) is 0 Å². The summed E-state index contributed by atoms with van der Waals surface area (Å²) in [6.07, 6.45) is -0.503. The van der Waals surface area contributed by atoms with Gasteiger partial charge in [-0.15, -0.1) is 0 Å². The number of hydrogen-bond acceptors (Lipinski definition) is 21. The van der Waals surface area contributed by atoms with Crippen LogP contribution in [0.1, 0.15) is 107 Å². The molecule has 2 aliphatic rings. The minimum Gasteiger partial charge on any atom is -0.481 e. The second kappa shape index (κ2) is 38.9. The molecule has 0 aliphatic carbocycles. The van der Waals surface area contributed by atoms with Gasteiger partial charge in [-0.25, -0.2) is 0 Å². The summed E-state index contributed by atoms with van der Waals surface area (Å²) in [6, 6.07) is 0. The molecule has 5 N–H and O–H groups in total. The Morgan fingerprint density at radius 3 is 0.867 bits per heavy atom. The van der Waals surface area contributed by atoms with Gasteiger partial charge in [0.2, 0.25) is 35.4 Å². The fourth-order valence-corrected chi connectivity index (χ4v) is 10.3. The first-order valence-electron chi connectivity index (χ1n) is 28.2. The van der Waals surface area contributed by atoms with E-state index in [1.807, 2.05) is 19.6 Å². The largest absolute Gasteiger partial charge is 0.481 e. The summed E-state index contributed by atoms with van der Waals surface area (Å²) in [4.78, 5) is 151. The lowest BCUT2D eigenvalue weighted by molar-refractivity contribution is -0.159. The van der Waals surface area contributed by atoms with E-state index in [1.54, 1.807) is 62.3 Å². The van der Waals surface area contributed by atoms with Crippen molar-refractivity contribution >= 4 is 101 Å². The van der Waals surface area contributed by atoms with E-state index in [2.05, 4.69) is 16.0 Å². The Hall–Kier alpha value is -4.94. The molecule has 0 aromatic heterocycles. The van der Waals surface area contributed by atoms with Crippen molar-refractivity contribution < 1.29 is 77.2 Å². The van der Waals surface area contributed by atoms with Crippen LogP contribution in [0.3, 0.4) is 0 Å². The number of thioether (sulfide) groups is 3. The van der Waals surface area contributed by atoms with Crippen molar-refractivity contribution in [1.82, 2.24) is 50.2 Å². The maximum Gasteiger partial charge on any atom is 0.320 e. The molecule has 2 heterocycles. The van der Waals surface area contributed by atoms with E-state index in [1.165, 1.54) is 50.0 Å². The van der Waals surface area contributed by atoms with Crippen LogP contribution in [0, 0.1) is 0 Å². The van der Waals surface area contributed by atoms with Crippen LogP contribution >= 0.6 is 35.3 Å². The van der Waals surface area contributed by atoms with Gasteiger partial charge in [-0.05, 0) is 62.3 Å². The first-order valence-corrected chi connectivity index (χ1v) is 31.7. The van der Waals surface area contributed by atoms with Crippen molar-refractivity contribution in [3.8, 4) is 0 Å². The lowest BCUT2D eigenvalue weighted by atomic mass is 10.2. The number of rotatable bonds is 32. The number of carboxylic acids is 2. The van der Waals surface area contributed by atoms with E-state index in [0.717, 1.165) is 0 Å². The molecule has 83 heavy (non-hydrogen) atoms. The smallest absolute Gasteiger partial charge is 0.320 e. The fourth-order valence-electron chi connectivity index (χ4n) is 8.03. The summed E-state index contributed by atoms with van der Waals surface area (Å²) in [5.41, 5.74) is -2.10. The molecule has 474 valence electrons. The minimum atomic E-state index is -1.07. The zero-order chi connectivity index (χ0) is 62.2. The van der Waals surface area contributed by atoms with Gasteiger partial charge in [-0.2, -0.15) is 35.3 Å². The van der Waals surface area contributed by atoms with E-state index in [4.69, 9.17) is 24.4 Å². The highest BCUT2D eigenvalue weighted by molar-refractivity contribution is 7.99. The van der Waals surface area contributed by atoms with Gasteiger partial charge in [0.25, 0.3) is 0 Å². The predicted octanol–water partition coefficient (Wildman–Crippen LogP) is 1.05. The van der Waals surface area contributed by atoms with Crippen molar-refractivity contribution in [2.24, 2.45) is 0 Å². The Kier molecular flexibility index (Phi) is 34.8. The van der Waals surface area contributed by atoms with Crippen molar-refractivity contribution in [2.45, 2.75) is 124 Å². The van der Waals surface area contributed by atoms with Gasteiger partial charge in [-0.1, -0.05) is 0 Å². The van der Waals surface area contributed by atoms with Gasteiger partial charge >= 0.3 is 29.8 Å². The maximum atomic E-state index is 13.7. The molecule has 0 spiro atoms. The van der Waals surface area contributed by atoms with Crippen LogP contribution in [0.5, 0.6) is 0 Å². The molecule has 0 saturated carbocycles. The molecule has 2 fully saturated rings. The predicted molar refractivity (Wildman–Crippen MR) is 317 cm³/mol. The SMILES string of the molecule is CC(C)(C)OC(=O)CN1CCN(CC(=O)NCCSCCC(=O)N2CN(C(=O)CCSCCNC(=O)CCC(=O)O)CN(C(=O)CCSCCNC(=O)CCC(=O)O)C2)CCN(CC(=O)OC(C)(C)C)CCN(CC(=O)OC(C)(C)C)CC1. The lowest BCUT2D eigenvalue weighted by Gasteiger charge is -2.42. The molecule has 0 bridgehead atoms. The highest BCUT2D eigenvalue weighted by Gasteiger charge is 2.32. The van der Waals surface area contributed by atoms with Crippen molar-refractivity contribution in [3.05, 3.63) is 0 Å². The van der Waals surface area contributed by atoms with Gasteiger partial charge in [0.05, 0.1) is 59.0 Å². The monoisotopic (exact) mass is 1230 g/mol. The Labute approximate surface area is 502 Å². The summed E-state index contributed by atoms with van der Waals surface area (Å²) >= 11 is 4.29. The van der Waals surface area contributed by atoms with Crippen LogP contribution in [-0.4, -0.2) is 279 Å². The molecule has 2 aliphatic heterocycles. The Morgan fingerprint density at radius 2 is 0.614 bits per heavy atom. The summed E-state index contributed by atoms with van der Waals surface area (Å²) in [5, 5.41) is 25.9. The number of carbonyl (C=O) groups is 11. The third-order valence-electron chi connectivity index (χ3n) is 11.9. The quantitative estimate of drug-likeness (QED) is 0.0357. The summed E-state index contributed by atoms with van der Waals surface area (Å²) < 4.78 is 17.0. The van der Waals surface area contributed by atoms with Crippen molar-refractivity contribution in [3.63, 3.8) is 0 Å². The van der Waals surface area contributed by atoms with E-state index in [-0.39, 0.29) is 127 Å². The normalized spacial score (nSPS) is 15.7. The number of carbonyl (C=O) groups excluding carboxylic acids is 9. The van der Waals surface area contributed by atoms with Crippen LogP contribution < -0.4 is 16.0 Å². The molecule has 0 unspecified atom stereocenters. The highest BCUT2D eigenvalue weighted by atomic mass is 32.2. The van der Waals surface area contributed by atoms with Gasteiger partial charge < -0.3 is 55.1 Å². The third-order valence-corrected chi connectivity index (χ3v) is 14.9. The molecule has 0 radical (unpaired) electrons. The average Bonchev–Trinajstić information content (AvgIpc) is 3.47.